The number of hydrogen-bond acceptors (Lipinski definition) is 4. The second-order valence-corrected chi connectivity index (χ2v) is 5.89. The Morgan fingerprint density at radius 3 is 2.95 bits per heavy atom. The van der Waals surface area contributed by atoms with Crippen molar-refractivity contribution in [1.82, 2.24) is 5.43 Å². The van der Waals surface area contributed by atoms with Gasteiger partial charge in [0, 0.05) is 29.1 Å². The Labute approximate surface area is 132 Å². The minimum absolute atomic E-state index is 0.105. The summed E-state index contributed by atoms with van der Waals surface area (Å²) in [5.41, 5.74) is 3.75. The molecule has 0 spiro atoms. The fraction of sp³-hybridized carbons (Fsp3) is 0.188. The zero-order valence-electron chi connectivity index (χ0n) is 11.9. The molecule has 112 valence electrons. The molecule has 0 bridgehead atoms. The molecule has 0 radical (unpaired) electrons. The summed E-state index contributed by atoms with van der Waals surface area (Å²) in [5.74, 6) is -0.186. The van der Waals surface area contributed by atoms with E-state index in [1.165, 1.54) is 0 Å². The van der Waals surface area contributed by atoms with Crippen molar-refractivity contribution >= 4 is 35.1 Å². The number of hydrazone groups is 1. The minimum atomic E-state index is -0.290. The summed E-state index contributed by atoms with van der Waals surface area (Å²) >= 11 is 1.55. The maximum Gasteiger partial charge on any atom is 0.271 e. The Hall–Kier alpha value is -2.47. The number of hydrogen-bond donors (Lipinski definition) is 1. The molecule has 2 amide bonds. The van der Waals surface area contributed by atoms with E-state index in [0.29, 0.717) is 18.5 Å². The second kappa shape index (κ2) is 6.53. The lowest BCUT2D eigenvalue weighted by molar-refractivity contribution is -0.117. The predicted molar refractivity (Wildman–Crippen MR) is 87.4 cm³/mol. The van der Waals surface area contributed by atoms with Crippen LogP contribution in [0.4, 0.5) is 5.69 Å². The van der Waals surface area contributed by atoms with Crippen LogP contribution >= 0.6 is 11.3 Å². The average molecular weight is 313 g/mol. The quantitative estimate of drug-likeness (QED) is 0.697. The van der Waals surface area contributed by atoms with Gasteiger partial charge in [0.25, 0.3) is 5.91 Å². The maximum absolute atomic E-state index is 12.1. The standard InChI is InChI=1S/C16H15N3O2S/c20-15-7-2-8-19(15)13-5-1-4-12(10-13)16(21)18-17-11-14-6-3-9-22-14/h1,3-6,9-11H,2,7-8H2,(H,18,21). The van der Waals surface area contributed by atoms with Gasteiger partial charge < -0.3 is 4.90 Å². The largest absolute Gasteiger partial charge is 0.312 e. The van der Waals surface area contributed by atoms with E-state index in [1.54, 1.807) is 40.7 Å². The molecule has 1 aromatic heterocycles. The first-order valence-corrected chi connectivity index (χ1v) is 7.89. The lowest BCUT2D eigenvalue weighted by Crippen LogP contribution is -2.24. The third-order valence-corrected chi connectivity index (χ3v) is 4.20. The van der Waals surface area contributed by atoms with Crippen LogP contribution in [0.5, 0.6) is 0 Å². The molecule has 2 heterocycles. The average Bonchev–Trinajstić information content (AvgIpc) is 3.19. The third-order valence-electron chi connectivity index (χ3n) is 3.39. The number of carbonyl (C=O) groups is 2. The Bertz CT molecular complexity index is 710. The summed E-state index contributed by atoms with van der Waals surface area (Å²) in [5, 5.41) is 5.88. The molecule has 2 aromatic rings. The Kier molecular flexibility index (Phi) is 4.29. The van der Waals surface area contributed by atoms with Crippen LogP contribution in [-0.4, -0.2) is 24.6 Å². The maximum atomic E-state index is 12.1. The van der Waals surface area contributed by atoms with Crippen molar-refractivity contribution in [2.45, 2.75) is 12.8 Å². The molecule has 0 unspecified atom stereocenters. The van der Waals surface area contributed by atoms with Crippen LogP contribution in [0.1, 0.15) is 28.1 Å². The highest BCUT2D eigenvalue weighted by Crippen LogP contribution is 2.22. The van der Waals surface area contributed by atoms with E-state index >= 15 is 0 Å². The van der Waals surface area contributed by atoms with Gasteiger partial charge in [-0.05, 0) is 36.1 Å². The van der Waals surface area contributed by atoms with Crippen LogP contribution in [0.3, 0.4) is 0 Å². The summed E-state index contributed by atoms with van der Waals surface area (Å²) < 4.78 is 0. The monoisotopic (exact) mass is 313 g/mol. The normalized spacial score (nSPS) is 14.7. The van der Waals surface area contributed by atoms with Gasteiger partial charge in [-0.3, -0.25) is 9.59 Å². The Balaban J connectivity index is 1.69. The van der Waals surface area contributed by atoms with Gasteiger partial charge in [-0.2, -0.15) is 5.10 Å². The zero-order chi connectivity index (χ0) is 15.4. The molecule has 0 aliphatic carbocycles. The summed E-state index contributed by atoms with van der Waals surface area (Å²) in [6.45, 7) is 0.709. The summed E-state index contributed by atoms with van der Waals surface area (Å²) in [4.78, 5) is 26.5. The molecule has 5 nitrogen and oxygen atoms in total. The van der Waals surface area contributed by atoms with Gasteiger partial charge in [0.1, 0.15) is 0 Å². The minimum Gasteiger partial charge on any atom is -0.312 e. The van der Waals surface area contributed by atoms with Crippen molar-refractivity contribution in [1.29, 1.82) is 0 Å². The van der Waals surface area contributed by atoms with Crippen LogP contribution in [-0.2, 0) is 4.79 Å². The van der Waals surface area contributed by atoms with Gasteiger partial charge in [0.2, 0.25) is 5.91 Å². The first kappa shape index (κ1) is 14.5. The molecule has 0 atom stereocenters. The van der Waals surface area contributed by atoms with Crippen LogP contribution < -0.4 is 10.3 Å². The van der Waals surface area contributed by atoms with Crippen LogP contribution in [0, 0.1) is 0 Å². The molecule has 1 aliphatic heterocycles. The molecule has 22 heavy (non-hydrogen) atoms. The third kappa shape index (κ3) is 3.23. The summed E-state index contributed by atoms with van der Waals surface area (Å²) in [7, 11) is 0. The SMILES string of the molecule is O=C(NN=Cc1cccs1)c1cccc(N2CCCC2=O)c1. The van der Waals surface area contributed by atoms with E-state index in [0.717, 1.165) is 17.0 Å². The van der Waals surface area contributed by atoms with Crippen molar-refractivity contribution < 1.29 is 9.59 Å². The van der Waals surface area contributed by atoms with Gasteiger partial charge in [0.15, 0.2) is 0 Å². The van der Waals surface area contributed by atoms with E-state index in [-0.39, 0.29) is 11.8 Å². The topological polar surface area (TPSA) is 61.8 Å². The molecule has 1 aromatic carbocycles. The molecule has 1 N–H and O–H groups in total. The molecule has 1 saturated heterocycles. The van der Waals surface area contributed by atoms with Gasteiger partial charge in [-0.15, -0.1) is 11.3 Å². The molecule has 6 heteroatoms. The van der Waals surface area contributed by atoms with Crippen molar-refractivity contribution in [2.24, 2.45) is 5.10 Å². The number of amides is 2. The van der Waals surface area contributed by atoms with Gasteiger partial charge in [0.05, 0.1) is 6.21 Å². The van der Waals surface area contributed by atoms with Crippen LogP contribution in [0.2, 0.25) is 0 Å². The van der Waals surface area contributed by atoms with E-state index in [9.17, 15) is 9.59 Å². The van der Waals surface area contributed by atoms with Gasteiger partial charge in [-0.1, -0.05) is 12.1 Å². The molecule has 1 fully saturated rings. The summed E-state index contributed by atoms with van der Waals surface area (Å²) in [6.07, 6.45) is 3.04. The van der Waals surface area contributed by atoms with E-state index in [1.807, 2.05) is 23.6 Å². The second-order valence-electron chi connectivity index (χ2n) is 4.91. The number of anilines is 1. The number of rotatable bonds is 4. The van der Waals surface area contributed by atoms with Crippen LogP contribution in [0.25, 0.3) is 0 Å². The number of nitrogens with one attached hydrogen (secondary N) is 1. The smallest absolute Gasteiger partial charge is 0.271 e. The molecule has 3 rings (SSSR count). The highest BCUT2D eigenvalue weighted by molar-refractivity contribution is 7.11. The zero-order valence-corrected chi connectivity index (χ0v) is 12.7. The fourth-order valence-electron chi connectivity index (χ4n) is 2.32. The summed E-state index contributed by atoms with van der Waals surface area (Å²) in [6, 6.07) is 10.9. The number of thiophene rings is 1. The van der Waals surface area contributed by atoms with Crippen molar-refractivity contribution in [3.8, 4) is 0 Å². The highest BCUT2D eigenvalue weighted by Gasteiger charge is 2.22. The lowest BCUT2D eigenvalue weighted by atomic mass is 10.2. The molecular formula is C16H15N3O2S. The first-order valence-electron chi connectivity index (χ1n) is 7.01. The predicted octanol–water partition coefficient (Wildman–Crippen LogP) is 2.64. The molecule has 0 saturated carbocycles. The highest BCUT2D eigenvalue weighted by atomic mass is 32.1. The van der Waals surface area contributed by atoms with Gasteiger partial charge in [-0.25, -0.2) is 5.43 Å². The van der Waals surface area contributed by atoms with Crippen molar-refractivity contribution in [3.05, 3.63) is 52.2 Å². The van der Waals surface area contributed by atoms with E-state index < -0.39 is 0 Å². The Morgan fingerprint density at radius 1 is 1.32 bits per heavy atom. The van der Waals surface area contributed by atoms with E-state index in [2.05, 4.69) is 10.5 Å². The van der Waals surface area contributed by atoms with Crippen molar-refractivity contribution in [2.75, 3.05) is 11.4 Å². The number of nitrogens with zero attached hydrogens (tertiary/aromatic N) is 2. The number of benzene rings is 1. The van der Waals surface area contributed by atoms with Crippen molar-refractivity contribution in [3.63, 3.8) is 0 Å². The van der Waals surface area contributed by atoms with Crippen LogP contribution in [0.15, 0.2) is 46.9 Å². The van der Waals surface area contributed by atoms with E-state index in [4.69, 9.17) is 0 Å². The lowest BCUT2D eigenvalue weighted by Gasteiger charge is -2.16. The number of carbonyl (C=O) groups excluding carboxylic acids is 2. The first-order chi connectivity index (χ1) is 10.7. The Morgan fingerprint density at radius 2 is 2.23 bits per heavy atom. The fourth-order valence-corrected chi connectivity index (χ4v) is 2.90. The molecular weight excluding hydrogens is 298 g/mol. The van der Waals surface area contributed by atoms with Gasteiger partial charge >= 0.3 is 0 Å². The molecule has 1 aliphatic rings.